The van der Waals surface area contributed by atoms with E-state index in [2.05, 4.69) is 5.10 Å². The van der Waals surface area contributed by atoms with Crippen LogP contribution in [0.15, 0.2) is 29.4 Å². The Morgan fingerprint density at radius 2 is 1.85 bits per heavy atom. The summed E-state index contributed by atoms with van der Waals surface area (Å²) in [5.41, 5.74) is 0.227. The molecule has 0 unspecified atom stereocenters. The normalized spacial score (nSPS) is 21.7. The first-order valence-electron chi connectivity index (χ1n) is 7.91. The van der Waals surface area contributed by atoms with Gasteiger partial charge in [0.1, 0.15) is 17.7 Å². The number of ether oxygens (including phenoxy) is 1. The number of benzene rings is 1. The number of esters is 1. The summed E-state index contributed by atoms with van der Waals surface area (Å²) in [6.07, 6.45) is 0.142. The van der Waals surface area contributed by atoms with Crippen molar-refractivity contribution in [3.63, 3.8) is 0 Å². The van der Waals surface area contributed by atoms with Crippen LogP contribution < -0.4 is 4.90 Å². The van der Waals surface area contributed by atoms with Crippen LogP contribution in [0.1, 0.15) is 13.3 Å². The second-order valence-corrected chi connectivity index (χ2v) is 6.44. The Morgan fingerprint density at radius 1 is 1.19 bits per heavy atom. The zero-order valence-electron chi connectivity index (χ0n) is 14.1. The number of hydrogen-bond donors (Lipinski definition) is 0. The first kappa shape index (κ1) is 18.1. The van der Waals surface area contributed by atoms with E-state index in [1.165, 1.54) is 19.0 Å². The van der Waals surface area contributed by atoms with Gasteiger partial charge in [-0.05, 0) is 31.2 Å². The Bertz CT molecular complexity index is 820. The molecule has 26 heavy (non-hydrogen) atoms. The molecule has 0 aliphatic carbocycles. The van der Waals surface area contributed by atoms with Gasteiger partial charge in [0, 0.05) is 18.0 Å². The minimum Gasteiger partial charge on any atom is -0.464 e. The van der Waals surface area contributed by atoms with Crippen molar-refractivity contribution in [2.24, 2.45) is 11.0 Å². The lowest BCUT2D eigenvalue weighted by molar-refractivity contribution is -0.133. The van der Waals surface area contributed by atoms with Crippen LogP contribution in [0.5, 0.6) is 0 Å². The minimum atomic E-state index is -1.06. The van der Waals surface area contributed by atoms with Crippen LogP contribution in [0.2, 0.25) is 5.02 Å². The molecule has 2 aliphatic rings. The topological polar surface area (TPSA) is 96.3 Å². The Hall–Kier alpha value is -2.74. The molecule has 1 fully saturated rings. The molecule has 0 bridgehead atoms. The second kappa shape index (κ2) is 6.87. The molecule has 0 saturated carbocycles. The standard InChI is InChI=1S/C17H16ClN3O5/c1-9(22)7-8-20-14-12(13(19-20)17(25)26-2)15(23)21(16(14)24)11-5-3-10(18)4-6-11/h3-6,12,14H,7-8H2,1-2H3/t12-,14-/m0/s1. The third-order valence-corrected chi connectivity index (χ3v) is 4.55. The Balaban J connectivity index is 1.97. The van der Waals surface area contributed by atoms with Gasteiger partial charge in [-0.1, -0.05) is 11.6 Å². The zero-order valence-corrected chi connectivity index (χ0v) is 14.9. The first-order valence-corrected chi connectivity index (χ1v) is 8.29. The number of anilines is 1. The maximum atomic E-state index is 12.9. The van der Waals surface area contributed by atoms with E-state index >= 15 is 0 Å². The Labute approximate surface area is 154 Å². The van der Waals surface area contributed by atoms with Crippen LogP contribution in [0.3, 0.4) is 0 Å². The number of imide groups is 1. The zero-order chi connectivity index (χ0) is 19.0. The lowest BCUT2D eigenvalue weighted by Crippen LogP contribution is -2.39. The van der Waals surface area contributed by atoms with Crippen molar-refractivity contribution in [1.82, 2.24) is 5.01 Å². The molecule has 0 N–H and O–H groups in total. The summed E-state index contributed by atoms with van der Waals surface area (Å²) >= 11 is 5.86. The lowest BCUT2D eigenvalue weighted by atomic mass is 9.98. The molecule has 3 rings (SSSR count). The molecule has 0 spiro atoms. The van der Waals surface area contributed by atoms with Crippen LogP contribution in [0.4, 0.5) is 5.69 Å². The Morgan fingerprint density at radius 3 is 2.42 bits per heavy atom. The number of halogens is 1. The highest BCUT2D eigenvalue weighted by molar-refractivity contribution is 6.46. The molecule has 0 aromatic heterocycles. The highest BCUT2D eigenvalue weighted by Gasteiger charge is 2.58. The van der Waals surface area contributed by atoms with Crippen LogP contribution in [0, 0.1) is 5.92 Å². The fourth-order valence-corrected chi connectivity index (χ4v) is 3.19. The molecule has 2 amide bonds. The maximum Gasteiger partial charge on any atom is 0.355 e. The summed E-state index contributed by atoms with van der Waals surface area (Å²) in [5, 5.41) is 5.89. The number of Topliss-reactive ketones (excluding diaryl/α,β-unsaturated/α-hetero) is 1. The van der Waals surface area contributed by atoms with Crippen LogP contribution >= 0.6 is 11.6 Å². The molecule has 2 atom stereocenters. The van der Waals surface area contributed by atoms with Gasteiger partial charge in [-0.25, -0.2) is 9.69 Å². The maximum absolute atomic E-state index is 12.9. The fraction of sp³-hybridized carbons (Fsp3) is 0.353. The quantitative estimate of drug-likeness (QED) is 0.561. The minimum absolute atomic E-state index is 0.0883. The van der Waals surface area contributed by atoms with Gasteiger partial charge in [0.25, 0.3) is 5.91 Å². The first-order chi connectivity index (χ1) is 12.3. The van der Waals surface area contributed by atoms with E-state index in [9.17, 15) is 19.2 Å². The second-order valence-electron chi connectivity index (χ2n) is 6.00. The predicted molar refractivity (Wildman–Crippen MR) is 92.7 cm³/mol. The van der Waals surface area contributed by atoms with Crippen LogP contribution in [0.25, 0.3) is 0 Å². The number of ketones is 1. The van der Waals surface area contributed by atoms with E-state index in [4.69, 9.17) is 16.3 Å². The van der Waals surface area contributed by atoms with Gasteiger partial charge in [0.2, 0.25) is 5.91 Å². The molecule has 8 nitrogen and oxygen atoms in total. The van der Waals surface area contributed by atoms with Crippen molar-refractivity contribution < 1.29 is 23.9 Å². The van der Waals surface area contributed by atoms with Gasteiger partial charge in [-0.2, -0.15) is 5.10 Å². The molecule has 2 heterocycles. The number of carbonyl (C=O) groups is 4. The SMILES string of the molecule is COC(=O)C1=NN(CCC(C)=O)[C@@H]2C(=O)N(c3ccc(Cl)cc3)C(=O)[C@@H]12. The number of amides is 2. The summed E-state index contributed by atoms with van der Waals surface area (Å²) in [4.78, 5) is 50.1. The summed E-state index contributed by atoms with van der Waals surface area (Å²) in [5.74, 6) is -2.98. The monoisotopic (exact) mass is 377 g/mol. The van der Waals surface area contributed by atoms with E-state index in [0.29, 0.717) is 10.7 Å². The number of carbonyl (C=O) groups excluding carboxylic acids is 4. The molecule has 9 heteroatoms. The average molecular weight is 378 g/mol. The molecule has 136 valence electrons. The molecule has 1 aromatic rings. The molecular formula is C17H16ClN3O5. The average Bonchev–Trinajstić information content (AvgIpc) is 3.11. The summed E-state index contributed by atoms with van der Waals surface area (Å²) in [7, 11) is 1.18. The van der Waals surface area contributed by atoms with Crippen molar-refractivity contribution in [2.45, 2.75) is 19.4 Å². The molecule has 1 saturated heterocycles. The molecule has 2 aliphatic heterocycles. The van der Waals surface area contributed by atoms with Gasteiger partial charge < -0.3 is 4.74 Å². The van der Waals surface area contributed by atoms with Gasteiger partial charge >= 0.3 is 5.97 Å². The summed E-state index contributed by atoms with van der Waals surface area (Å²) in [6.45, 7) is 1.55. The number of fused-ring (bicyclic) bond motifs is 1. The third-order valence-electron chi connectivity index (χ3n) is 4.30. The summed E-state index contributed by atoms with van der Waals surface area (Å²) in [6, 6.07) is 5.26. The number of hydrogen-bond acceptors (Lipinski definition) is 7. The van der Waals surface area contributed by atoms with Crippen LogP contribution in [-0.2, 0) is 23.9 Å². The van der Waals surface area contributed by atoms with E-state index in [0.717, 1.165) is 4.90 Å². The van der Waals surface area contributed by atoms with Gasteiger partial charge in [0.15, 0.2) is 5.71 Å². The van der Waals surface area contributed by atoms with Crippen molar-refractivity contribution in [2.75, 3.05) is 18.6 Å². The van der Waals surface area contributed by atoms with Crippen molar-refractivity contribution in [1.29, 1.82) is 0 Å². The van der Waals surface area contributed by atoms with Crippen molar-refractivity contribution >= 4 is 46.6 Å². The molecular weight excluding hydrogens is 362 g/mol. The number of rotatable bonds is 5. The fourth-order valence-electron chi connectivity index (χ4n) is 3.06. The number of hydrazone groups is 1. The van der Waals surface area contributed by atoms with Gasteiger partial charge in [-0.15, -0.1) is 0 Å². The Kier molecular flexibility index (Phi) is 4.78. The van der Waals surface area contributed by atoms with E-state index in [-0.39, 0.29) is 24.5 Å². The largest absolute Gasteiger partial charge is 0.464 e. The van der Waals surface area contributed by atoms with Crippen LogP contribution in [-0.4, -0.2) is 54.0 Å². The highest BCUT2D eigenvalue weighted by atomic mass is 35.5. The van der Waals surface area contributed by atoms with E-state index in [1.807, 2.05) is 0 Å². The smallest absolute Gasteiger partial charge is 0.355 e. The van der Waals surface area contributed by atoms with Crippen molar-refractivity contribution in [3.8, 4) is 0 Å². The van der Waals surface area contributed by atoms with E-state index < -0.39 is 29.7 Å². The molecule has 0 radical (unpaired) electrons. The summed E-state index contributed by atoms with van der Waals surface area (Å²) < 4.78 is 4.69. The number of methoxy groups -OCH3 is 1. The van der Waals surface area contributed by atoms with E-state index in [1.54, 1.807) is 24.3 Å². The van der Waals surface area contributed by atoms with Gasteiger partial charge in [0.05, 0.1) is 12.8 Å². The predicted octanol–water partition coefficient (Wildman–Crippen LogP) is 1.02. The third kappa shape index (κ3) is 2.96. The van der Waals surface area contributed by atoms with Crippen molar-refractivity contribution in [3.05, 3.63) is 29.3 Å². The molecule has 1 aromatic carbocycles. The highest BCUT2D eigenvalue weighted by Crippen LogP contribution is 2.35. The lowest BCUT2D eigenvalue weighted by Gasteiger charge is -2.21. The number of nitrogens with zero attached hydrogens (tertiary/aromatic N) is 3. The van der Waals surface area contributed by atoms with Gasteiger partial charge in [-0.3, -0.25) is 19.4 Å².